The van der Waals surface area contributed by atoms with Crippen molar-refractivity contribution in [2.24, 2.45) is 0 Å². The van der Waals surface area contributed by atoms with Crippen molar-refractivity contribution in [3.8, 4) is 0 Å². The molecule has 1 amide bonds. The van der Waals surface area contributed by atoms with Gasteiger partial charge in [-0.2, -0.15) is 0 Å². The average Bonchev–Trinajstić information content (AvgIpc) is 2.58. The van der Waals surface area contributed by atoms with Gasteiger partial charge in [0, 0.05) is 25.5 Å². The summed E-state index contributed by atoms with van der Waals surface area (Å²) < 4.78 is 0. The molecule has 2 aromatic heterocycles. The molecule has 0 spiro atoms. The summed E-state index contributed by atoms with van der Waals surface area (Å²) in [5.41, 5.74) is 1.39. The molecule has 0 unspecified atom stereocenters. The van der Waals surface area contributed by atoms with Crippen LogP contribution < -0.4 is 10.6 Å². The normalized spacial score (nSPS) is 10.2. The van der Waals surface area contributed by atoms with Crippen LogP contribution in [0.2, 0.25) is 0 Å². The molecule has 22 heavy (non-hydrogen) atoms. The second-order valence-corrected chi connectivity index (χ2v) is 4.98. The number of nitrogens with zero attached hydrogens (tertiary/aromatic N) is 3. The Kier molecular flexibility index (Phi) is 6.29. The Hall–Kier alpha value is -2.50. The van der Waals surface area contributed by atoms with Crippen molar-refractivity contribution >= 4 is 11.7 Å². The van der Waals surface area contributed by atoms with Gasteiger partial charge in [-0.3, -0.25) is 9.78 Å². The first-order valence-corrected chi connectivity index (χ1v) is 7.54. The number of rotatable bonds is 8. The van der Waals surface area contributed by atoms with E-state index in [9.17, 15) is 4.79 Å². The topological polar surface area (TPSA) is 79.8 Å². The van der Waals surface area contributed by atoms with E-state index in [0.29, 0.717) is 24.6 Å². The van der Waals surface area contributed by atoms with E-state index in [1.165, 1.54) is 0 Å². The molecule has 6 nitrogen and oxygen atoms in total. The second kappa shape index (κ2) is 8.71. The SMILES string of the molecule is CCCCCNC(=O)c1ccc(NCc2cccnc2)nn1. The summed E-state index contributed by atoms with van der Waals surface area (Å²) in [5, 5.41) is 13.9. The molecule has 0 atom stereocenters. The number of anilines is 1. The lowest BCUT2D eigenvalue weighted by Crippen LogP contribution is -2.25. The third-order valence-electron chi connectivity index (χ3n) is 3.16. The molecule has 0 fully saturated rings. The molecule has 0 aliphatic heterocycles. The lowest BCUT2D eigenvalue weighted by Gasteiger charge is -2.06. The minimum atomic E-state index is -0.178. The molecule has 0 saturated heterocycles. The third kappa shape index (κ3) is 5.12. The van der Waals surface area contributed by atoms with E-state index >= 15 is 0 Å². The highest BCUT2D eigenvalue weighted by molar-refractivity contribution is 5.92. The van der Waals surface area contributed by atoms with Crippen LogP contribution in [0.4, 0.5) is 5.82 Å². The molecule has 0 aromatic carbocycles. The van der Waals surface area contributed by atoms with Gasteiger partial charge in [0.15, 0.2) is 5.69 Å². The van der Waals surface area contributed by atoms with Gasteiger partial charge in [-0.15, -0.1) is 10.2 Å². The van der Waals surface area contributed by atoms with Crippen LogP contribution in [0.3, 0.4) is 0 Å². The van der Waals surface area contributed by atoms with Crippen molar-refractivity contribution in [3.05, 3.63) is 47.9 Å². The van der Waals surface area contributed by atoms with Crippen LogP contribution >= 0.6 is 0 Å². The summed E-state index contributed by atoms with van der Waals surface area (Å²) in [6.45, 7) is 3.42. The van der Waals surface area contributed by atoms with Gasteiger partial charge in [-0.05, 0) is 30.2 Å². The van der Waals surface area contributed by atoms with Crippen LogP contribution in [0.5, 0.6) is 0 Å². The fraction of sp³-hybridized carbons (Fsp3) is 0.375. The number of nitrogens with one attached hydrogen (secondary N) is 2. The number of carbonyl (C=O) groups excluding carboxylic acids is 1. The van der Waals surface area contributed by atoms with Gasteiger partial charge in [-0.1, -0.05) is 25.8 Å². The van der Waals surface area contributed by atoms with E-state index in [2.05, 4.69) is 32.7 Å². The van der Waals surface area contributed by atoms with Gasteiger partial charge in [-0.25, -0.2) is 0 Å². The first kappa shape index (κ1) is 15.9. The van der Waals surface area contributed by atoms with Crippen LogP contribution in [0.15, 0.2) is 36.7 Å². The Bertz CT molecular complexity index is 571. The molecule has 2 N–H and O–H groups in total. The molecule has 2 aromatic rings. The van der Waals surface area contributed by atoms with Gasteiger partial charge in [0.2, 0.25) is 0 Å². The highest BCUT2D eigenvalue weighted by atomic mass is 16.1. The molecule has 0 aliphatic carbocycles. The van der Waals surface area contributed by atoms with Gasteiger partial charge in [0.05, 0.1) is 0 Å². The molecule has 2 heterocycles. The average molecular weight is 299 g/mol. The number of carbonyl (C=O) groups is 1. The number of pyridine rings is 1. The molecule has 6 heteroatoms. The highest BCUT2D eigenvalue weighted by Crippen LogP contribution is 2.05. The predicted molar refractivity (Wildman–Crippen MR) is 85.5 cm³/mol. The summed E-state index contributed by atoms with van der Waals surface area (Å²) in [4.78, 5) is 15.9. The number of hydrogen-bond donors (Lipinski definition) is 2. The van der Waals surface area contributed by atoms with Crippen molar-refractivity contribution in [2.45, 2.75) is 32.7 Å². The summed E-state index contributed by atoms with van der Waals surface area (Å²) >= 11 is 0. The Morgan fingerprint density at radius 1 is 1.18 bits per heavy atom. The second-order valence-electron chi connectivity index (χ2n) is 4.98. The molecule has 0 aliphatic rings. The van der Waals surface area contributed by atoms with Crippen LogP contribution in [0.1, 0.15) is 42.2 Å². The summed E-state index contributed by atoms with van der Waals surface area (Å²) in [7, 11) is 0. The molecule has 0 saturated carbocycles. The third-order valence-corrected chi connectivity index (χ3v) is 3.16. The van der Waals surface area contributed by atoms with Gasteiger partial charge < -0.3 is 10.6 Å². The smallest absolute Gasteiger partial charge is 0.271 e. The maximum absolute atomic E-state index is 11.9. The Labute approximate surface area is 130 Å². The van der Waals surface area contributed by atoms with Crippen molar-refractivity contribution in [1.29, 1.82) is 0 Å². The Morgan fingerprint density at radius 2 is 2.09 bits per heavy atom. The molecular formula is C16H21N5O. The van der Waals surface area contributed by atoms with Crippen molar-refractivity contribution in [3.63, 3.8) is 0 Å². The fourth-order valence-electron chi connectivity index (χ4n) is 1.91. The minimum Gasteiger partial charge on any atom is -0.364 e. The van der Waals surface area contributed by atoms with E-state index in [-0.39, 0.29) is 5.91 Å². The van der Waals surface area contributed by atoms with Crippen molar-refractivity contribution in [1.82, 2.24) is 20.5 Å². The first-order valence-electron chi connectivity index (χ1n) is 7.54. The van der Waals surface area contributed by atoms with Gasteiger partial charge in [0.25, 0.3) is 5.91 Å². The number of aromatic nitrogens is 3. The van der Waals surface area contributed by atoms with Crippen LogP contribution in [0.25, 0.3) is 0 Å². The van der Waals surface area contributed by atoms with Gasteiger partial charge in [0.1, 0.15) is 5.82 Å². The zero-order valence-electron chi connectivity index (χ0n) is 12.7. The van der Waals surface area contributed by atoms with Crippen molar-refractivity contribution < 1.29 is 4.79 Å². The minimum absolute atomic E-state index is 0.178. The highest BCUT2D eigenvalue weighted by Gasteiger charge is 2.07. The lowest BCUT2D eigenvalue weighted by atomic mass is 10.2. The molecule has 116 valence electrons. The van der Waals surface area contributed by atoms with E-state index in [1.807, 2.05) is 12.1 Å². The number of amides is 1. The van der Waals surface area contributed by atoms with Crippen LogP contribution in [0, 0.1) is 0 Å². The van der Waals surface area contributed by atoms with E-state index in [1.54, 1.807) is 24.5 Å². The molecule has 0 radical (unpaired) electrons. The maximum Gasteiger partial charge on any atom is 0.271 e. The molecule has 2 rings (SSSR count). The quantitative estimate of drug-likeness (QED) is 0.732. The van der Waals surface area contributed by atoms with E-state index < -0.39 is 0 Å². The largest absolute Gasteiger partial charge is 0.364 e. The Morgan fingerprint density at radius 3 is 2.77 bits per heavy atom. The van der Waals surface area contributed by atoms with Crippen molar-refractivity contribution in [2.75, 3.05) is 11.9 Å². The number of unbranched alkanes of at least 4 members (excludes halogenated alkanes) is 2. The summed E-state index contributed by atoms with van der Waals surface area (Å²) in [6, 6.07) is 7.29. The number of hydrogen-bond acceptors (Lipinski definition) is 5. The molecule has 0 bridgehead atoms. The fourth-order valence-corrected chi connectivity index (χ4v) is 1.91. The summed E-state index contributed by atoms with van der Waals surface area (Å²) in [6.07, 6.45) is 6.76. The Balaban J connectivity index is 1.81. The van der Waals surface area contributed by atoms with Gasteiger partial charge >= 0.3 is 0 Å². The monoisotopic (exact) mass is 299 g/mol. The van der Waals surface area contributed by atoms with E-state index in [4.69, 9.17) is 0 Å². The van der Waals surface area contributed by atoms with Crippen LogP contribution in [-0.2, 0) is 6.54 Å². The zero-order valence-corrected chi connectivity index (χ0v) is 12.7. The predicted octanol–water partition coefficient (Wildman–Crippen LogP) is 2.40. The summed E-state index contributed by atoms with van der Waals surface area (Å²) in [5.74, 6) is 0.453. The zero-order chi connectivity index (χ0) is 15.6. The first-order chi connectivity index (χ1) is 10.8. The van der Waals surface area contributed by atoms with E-state index in [0.717, 1.165) is 24.8 Å². The molecular weight excluding hydrogens is 278 g/mol. The standard InChI is InChI=1S/C16H21N5O/c1-2-3-4-10-18-16(22)14-7-8-15(21-20-14)19-12-13-6-5-9-17-11-13/h5-9,11H,2-4,10,12H2,1H3,(H,18,22)(H,19,21). The van der Waals surface area contributed by atoms with Crippen LogP contribution in [-0.4, -0.2) is 27.6 Å². The maximum atomic E-state index is 11.9. The lowest BCUT2D eigenvalue weighted by molar-refractivity contribution is 0.0947.